The van der Waals surface area contributed by atoms with Crippen LogP contribution >= 0.6 is 11.8 Å². The van der Waals surface area contributed by atoms with Crippen molar-refractivity contribution in [3.63, 3.8) is 0 Å². The largest absolute Gasteiger partial charge is 0.480 e. The third-order valence-corrected chi connectivity index (χ3v) is 5.20. The Kier molecular flexibility index (Phi) is 3.05. The molecule has 2 aliphatic heterocycles. The maximum absolute atomic E-state index is 11.6. The zero-order chi connectivity index (χ0) is 14.3. The molecule has 3 rings (SSSR count). The van der Waals surface area contributed by atoms with E-state index in [1.165, 1.54) is 16.7 Å². The predicted molar refractivity (Wildman–Crippen MR) is 75.9 cm³/mol. The van der Waals surface area contributed by atoms with E-state index in [9.17, 15) is 14.7 Å². The Labute approximate surface area is 120 Å². The molecule has 1 amide bonds. The van der Waals surface area contributed by atoms with E-state index in [0.29, 0.717) is 6.42 Å². The molecule has 2 fully saturated rings. The van der Waals surface area contributed by atoms with Gasteiger partial charge in [0.1, 0.15) is 6.04 Å². The summed E-state index contributed by atoms with van der Waals surface area (Å²) in [5.74, 6) is -1.04. The number of aliphatic carboxylic acids is 1. The van der Waals surface area contributed by atoms with Gasteiger partial charge in [0.2, 0.25) is 5.91 Å². The predicted octanol–water partition coefficient (Wildman–Crippen LogP) is 1.61. The highest BCUT2D eigenvalue weighted by Crippen LogP contribution is 2.51. The summed E-state index contributed by atoms with van der Waals surface area (Å²) in [4.78, 5) is 28.8. The van der Waals surface area contributed by atoms with Crippen LogP contribution in [0, 0.1) is 0 Å². The first-order valence-electron chi connectivity index (χ1n) is 6.33. The standard InChI is InChI=1S/C14H14N2O3S/c1-14(6-5-9-4-2-3-7-15-9)12(13(18)19)16-10(17)8-11(16)20-14/h2-7,11-12H,8H2,1H3,(H,18,19)/t11-,12+,14?/m1/s1. The van der Waals surface area contributed by atoms with Gasteiger partial charge in [0.15, 0.2) is 0 Å². The molecule has 2 aliphatic rings. The quantitative estimate of drug-likeness (QED) is 0.856. The number of amides is 1. The van der Waals surface area contributed by atoms with Crippen LogP contribution in [0.3, 0.4) is 0 Å². The van der Waals surface area contributed by atoms with Crippen molar-refractivity contribution in [2.75, 3.05) is 0 Å². The van der Waals surface area contributed by atoms with Gasteiger partial charge >= 0.3 is 5.97 Å². The summed E-state index contributed by atoms with van der Waals surface area (Å²) in [5, 5.41) is 9.42. The van der Waals surface area contributed by atoms with E-state index in [1.807, 2.05) is 37.3 Å². The average Bonchev–Trinajstić information content (AvgIpc) is 2.66. The lowest BCUT2D eigenvalue weighted by Crippen LogP contribution is -2.57. The summed E-state index contributed by atoms with van der Waals surface area (Å²) in [5.41, 5.74) is 0.777. The smallest absolute Gasteiger partial charge is 0.328 e. The van der Waals surface area contributed by atoms with Gasteiger partial charge in [-0.3, -0.25) is 9.78 Å². The molecule has 0 radical (unpaired) electrons. The molecule has 1 N–H and O–H groups in total. The first-order valence-corrected chi connectivity index (χ1v) is 7.21. The minimum Gasteiger partial charge on any atom is -0.480 e. The van der Waals surface area contributed by atoms with Crippen molar-refractivity contribution in [3.8, 4) is 0 Å². The molecule has 0 aliphatic carbocycles. The second kappa shape index (κ2) is 4.63. The van der Waals surface area contributed by atoms with Crippen LogP contribution in [0.4, 0.5) is 0 Å². The van der Waals surface area contributed by atoms with E-state index in [1.54, 1.807) is 6.20 Å². The van der Waals surface area contributed by atoms with Crippen LogP contribution in [0.2, 0.25) is 0 Å². The number of carboxylic acid groups (broad SMARTS) is 1. The fraction of sp³-hybridized carbons (Fsp3) is 0.357. The van der Waals surface area contributed by atoms with Gasteiger partial charge in [-0.2, -0.15) is 0 Å². The first-order chi connectivity index (χ1) is 9.51. The third-order valence-electron chi connectivity index (χ3n) is 3.67. The number of carbonyl (C=O) groups excluding carboxylic acids is 1. The SMILES string of the molecule is CC1(C=Cc2ccccn2)S[C@@H]2CC(=O)N2[C@H]1C(=O)O. The molecule has 1 unspecified atom stereocenters. The third kappa shape index (κ3) is 2.00. The maximum atomic E-state index is 11.6. The monoisotopic (exact) mass is 290 g/mol. The molecule has 104 valence electrons. The van der Waals surface area contributed by atoms with Crippen molar-refractivity contribution in [2.24, 2.45) is 0 Å². The minimum absolute atomic E-state index is 0.0121. The Balaban J connectivity index is 1.88. The summed E-state index contributed by atoms with van der Waals surface area (Å²) in [6, 6.07) is 4.75. The number of aromatic nitrogens is 1. The summed E-state index contributed by atoms with van der Waals surface area (Å²) in [6.07, 6.45) is 5.79. The Morgan fingerprint density at radius 3 is 3.00 bits per heavy atom. The number of carboxylic acids is 1. The van der Waals surface area contributed by atoms with Gasteiger partial charge in [-0.25, -0.2) is 4.79 Å². The Morgan fingerprint density at radius 1 is 1.60 bits per heavy atom. The maximum Gasteiger partial charge on any atom is 0.328 e. The summed E-state index contributed by atoms with van der Waals surface area (Å²) in [6.45, 7) is 1.86. The number of rotatable bonds is 3. The summed E-state index contributed by atoms with van der Waals surface area (Å²) < 4.78 is -0.625. The van der Waals surface area contributed by atoms with Crippen LogP contribution in [-0.2, 0) is 9.59 Å². The highest BCUT2D eigenvalue weighted by Gasteiger charge is 2.59. The lowest BCUT2D eigenvalue weighted by atomic mass is 9.95. The van der Waals surface area contributed by atoms with Gasteiger partial charge in [-0.1, -0.05) is 12.1 Å². The fourth-order valence-corrected chi connectivity index (χ4v) is 4.32. The number of thioether (sulfide) groups is 1. The van der Waals surface area contributed by atoms with Gasteiger partial charge in [-0.15, -0.1) is 11.8 Å². The van der Waals surface area contributed by atoms with Crippen molar-refractivity contribution in [1.82, 2.24) is 9.88 Å². The average molecular weight is 290 g/mol. The van der Waals surface area contributed by atoms with E-state index in [4.69, 9.17) is 0 Å². The van der Waals surface area contributed by atoms with Crippen molar-refractivity contribution in [3.05, 3.63) is 36.2 Å². The van der Waals surface area contributed by atoms with Crippen molar-refractivity contribution < 1.29 is 14.7 Å². The van der Waals surface area contributed by atoms with E-state index in [2.05, 4.69) is 4.98 Å². The molecule has 3 atom stereocenters. The molecular formula is C14H14N2O3S. The number of hydrogen-bond donors (Lipinski definition) is 1. The van der Waals surface area contributed by atoms with E-state index < -0.39 is 16.8 Å². The van der Waals surface area contributed by atoms with Gasteiger partial charge in [0.25, 0.3) is 0 Å². The molecular weight excluding hydrogens is 276 g/mol. The van der Waals surface area contributed by atoms with E-state index in [-0.39, 0.29) is 11.3 Å². The molecule has 20 heavy (non-hydrogen) atoms. The molecule has 3 heterocycles. The Bertz CT molecular complexity index is 589. The second-order valence-corrected chi connectivity index (χ2v) is 6.75. The van der Waals surface area contributed by atoms with Crippen LogP contribution in [0.25, 0.3) is 6.08 Å². The highest BCUT2D eigenvalue weighted by atomic mass is 32.2. The molecule has 0 spiro atoms. The highest BCUT2D eigenvalue weighted by molar-refractivity contribution is 8.01. The molecule has 5 nitrogen and oxygen atoms in total. The topological polar surface area (TPSA) is 70.5 Å². The van der Waals surface area contributed by atoms with Crippen molar-refractivity contribution >= 4 is 29.7 Å². The molecule has 2 saturated heterocycles. The first kappa shape index (κ1) is 13.2. The van der Waals surface area contributed by atoms with Crippen molar-refractivity contribution in [2.45, 2.75) is 29.5 Å². The minimum atomic E-state index is -0.957. The molecule has 0 saturated carbocycles. The zero-order valence-corrected chi connectivity index (χ0v) is 11.7. The lowest BCUT2D eigenvalue weighted by molar-refractivity contribution is -0.156. The summed E-state index contributed by atoms with van der Waals surface area (Å²) in [7, 11) is 0. The van der Waals surface area contributed by atoms with Gasteiger partial charge < -0.3 is 10.0 Å². The van der Waals surface area contributed by atoms with Gasteiger partial charge in [-0.05, 0) is 25.1 Å². The van der Waals surface area contributed by atoms with E-state index in [0.717, 1.165) is 5.69 Å². The molecule has 6 heteroatoms. The van der Waals surface area contributed by atoms with Crippen LogP contribution in [0.15, 0.2) is 30.5 Å². The molecule has 1 aromatic rings. The lowest BCUT2D eigenvalue weighted by Gasteiger charge is -2.36. The Morgan fingerprint density at radius 2 is 2.40 bits per heavy atom. The molecule has 1 aromatic heterocycles. The summed E-state index contributed by atoms with van der Waals surface area (Å²) >= 11 is 1.53. The van der Waals surface area contributed by atoms with Crippen LogP contribution < -0.4 is 0 Å². The number of hydrogen-bond acceptors (Lipinski definition) is 4. The number of β-lactam (4-membered cyclic amide) rings is 1. The fourth-order valence-electron chi connectivity index (χ4n) is 2.66. The van der Waals surface area contributed by atoms with Crippen LogP contribution in [0.5, 0.6) is 0 Å². The number of fused-ring (bicyclic) bond motifs is 1. The normalized spacial score (nSPS) is 32.2. The van der Waals surface area contributed by atoms with Crippen LogP contribution in [0.1, 0.15) is 19.0 Å². The number of nitrogens with zero attached hydrogens (tertiary/aromatic N) is 2. The molecule has 0 aromatic carbocycles. The Hall–Kier alpha value is -1.82. The van der Waals surface area contributed by atoms with Crippen molar-refractivity contribution in [1.29, 1.82) is 0 Å². The number of carbonyl (C=O) groups is 2. The molecule has 0 bridgehead atoms. The second-order valence-electron chi connectivity index (χ2n) is 5.09. The number of pyridine rings is 1. The van der Waals surface area contributed by atoms with E-state index >= 15 is 0 Å². The van der Waals surface area contributed by atoms with Crippen LogP contribution in [-0.4, -0.2) is 43.0 Å². The van der Waals surface area contributed by atoms with Gasteiger partial charge in [0, 0.05) is 6.20 Å². The van der Waals surface area contributed by atoms with Gasteiger partial charge in [0.05, 0.1) is 22.2 Å². The zero-order valence-electron chi connectivity index (χ0n) is 10.9.